The molecule has 0 fully saturated rings. The summed E-state index contributed by atoms with van der Waals surface area (Å²) in [5.74, 6) is 0.711. The SMILES string of the molecule is Cc1nc(CNc2cnc(C(C)C)nc2C(=O)O)oc1C. The van der Waals surface area contributed by atoms with Crippen molar-refractivity contribution in [2.75, 3.05) is 5.32 Å². The second-order valence-electron chi connectivity index (χ2n) is 5.05. The molecule has 0 aliphatic rings. The monoisotopic (exact) mass is 290 g/mol. The number of oxazole rings is 1. The predicted octanol–water partition coefficient (Wildman–Crippen LogP) is 2.52. The van der Waals surface area contributed by atoms with Crippen LogP contribution >= 0.6 is 0 Å². The van der Waals surface area contributed by atoms with E-state index < -0.39 is 5.97 Å². The molecule has 0 saturated heterocycles. The summed E-state index contributed by atoms with van der Waals surface area (Å²) in [5, 5.41) is 12.2. The van der Waals surface area contributed by atoms with Gasteiger partial charge in [0.1, 0.15) is 11.6 Å². The third-order valence-electron chi connectivity index (χ3n) is 3.03. The number of carboxylic acid groups (broad SMARTS) is 1. The largest absolute Gasteiger partial charge is 0.476 e. The van der Waals surface area contributed by atoms with E-state index in [0.717, 1.165) is 11.5 Å². The van der Waals surface area contributed by atoms with Gasteiger partial charge < -0.3 is 14.8 Å². The third kappa shape index (κ3) is 3.36. The van der Waals surface area contributed by atoms with Gasteiger partial charge in [0.15, 0.2) is 5.69 Å². The summed E-state index contributed by atoms with van der Waals surface area (Å²) < 4.78 is 5.44. The van der Waals surface area contributed by atoms with Crippen molar-refractivity contribution in [3.05, 3.63) is 35.1 Å². The van der Waals surface area contributed by atoms with E-state index >= 15 is 0 Å². The van der Waals surface area contributed by atoms with Crippen LogP contribution in [0.25, 0.3) is 0 Å². The van der Waals surface area contributed by atoms with Gasteiger partial charge in [-0.15, -0.1) is 0 Å². The quantitative estimate of drug-likeness (QED) is 0.872. The van der Waals surface area contributed by atoms with Crippen LogP contribution in [0, 0.1) is 13.8 Å². The van der Waals surface area contributed by atoms with Gasteiger partial charge >= 0.3 is 5.97 Å². The number of hydrogen-bond donors (Lipinski definition) is 2. The van der Waals surface area contributed by atoms with Crippen molar-refractivity contribution < 1.29 is 14.3 Å². The lowest BCUT2D eigenvalue weighted by molar-refractivity contribution is 0.0691. The molecule has 0 radical (unpaired) electrons. The number of anilines is 1. The lowest BCUT2D eigenvalue weighted by Gasteiger charge is -2.10. The van der Waals surface area contributed by atoms with Crippen LogP contribution in [0.15, 0.2) is 10.6 Å². The fourth-order valence-corrected chi connectivity index (χ4v) is 1.75. The molecule has 0 amide bonds. The average molecular weight is 290 g/mol. The molecule has 0 atom stereocenters. The van der Waals surface area contributed by atoms with Crippen LogP contribution < -0.4 is 5.32 Å². The minimum atomic E-state index is -1.10. The Morgan fingerprint density at radius 3 is 2.62 bits per heavy atom. The van der Waals surface area contributed by atoms with Crippen molar-refractivity contribution in [3.63, 3.8) is 0 Å². The summed E-state index contributed by atoms with van der Waals surface area (Å²) in [6, 6.07) is 0. The van der Waals surface area contributed by atoms with Gasteiger partial charge in [0.05, 0.1) is 24.1 Å². The topological polar surface area (TPSA) is 101 Å². The molecule has 0 saturated carbocycles. The number of nitrogens with one attached hydrogen (secondary N) is 1. The average Bonchev–Trinajstić information content (AvgIpc) is 2.75. The molecule has 0 aliphatic heterocycles. The molecule has 0 aliphatic carbocycles. The first kappa shape index (κ1) is 15.0. The first-order chi connectivity index (χ1) is 9.88. The highest BCUT2D eigenvalue weighted by Crippen LogP contribution is 2.17. The molecule has 2 heterocycles. The molecule has 2 aromatic rings. The Hall–Kier alpha value is -2.44. The van der Waals surface area contributed by atoms with Crippen LogP contribution in [0.2, 0.25) is 0 Å². The highest BCUT2D eigenvalue weighted by atomic mass is 16.4. The maximum Gasteiger partial charge on any atom is 0.356 e. The lowest BCUT2D eigenvalue weighted by Crippen LogP contribution is -2.12. The molecule has 0 bridgehead atoms. The van der Waals surface area contributed by atoms with E-state index in [0.29, 0.717) is 17.4 Å². The summed E-state index contributed by atoms with van der Waals surface area (Å²) in [6.07, 6.45) is 1.48. The van der Waals surface area contributed by atoms with Crippen molar-refractivity contribution >= 4 is 11.7 Å². The van der Waals surface area contributed by atoms with Gasteiger partial charge in [0, 0.05) is 5.92 Å². The molecule has 2 rings (SSSR count). The van der Waals surface area contributed by atoms with Crippen molar-refractivity contribution in [1.29, 1.82) is 0 Å². The number of hydrogen-bond acceptors (Lipinski definition) is 6. The zero-order valence-electron chi connectivity index (χ0n) is 12.5. The van der Waals surface area contributed by atoms with Gasteiger partial charge in [-0.1, -0.05) is 13.8 Å². The van der Waals surface area contributed by atoms with Gasteiger partial charge in [-0.2, -0.15) is 0 Å². The molecule has 0 spiro atoms. The number of carbonyl (C=O) groups is 1. The van der Waals surface area contributed by atoms with E-state index in [1.54, 1.807) is 0 Å². The summed E-state index contributed by atoms with van der Waals surface area (Å²) in [7, 11) is 0. The van der Waals surface area contributed by atoms with Gasteiger partial charge in [0.25, 0.3) is 0 Å². The maximum atomic E-state index is 11.3. The fraction of sp³-hybridized carbons (Fsp3) is 0.429. The Morgan fingerprint density at radius 1 is 1.38 bits per heavy atom. The molecule has 112 valence electrons. The molecule has 7 nitrogen and oxygen atoms in total. The number of rotatable bonds is 5. The molecule has 0 unspecified atom stereocenters. The molecule has 2 N–H and O–H groups in total. The molecular formula is C14H18N4O3. The standard InChI is InChI=1S/C14H18N4O3/c1-7(2)13-16-5-10(12(18-13)14(19)20)15-6-11-17-8(3)9(4)21-11/h5,7,15H,6H2,1-4H3,(H,19,20). The second kappa shape index (κ2) is 5.90. The zero-order valence-corrected chi connectivity index (χ0v) is 12.5. The van der Waals surface area contributed by atoms with E-state index in [2.05, 4.69) is 20.3 Å². The second-order valence-corrected chi connectivity index (χ2v) is 5.05. The zero-order chi connectivity index (χ0) is 15.6. The van der Waals surface area contributed by atoms with Gasteiger partial charge in [-0.25, -0.2) is 19.7 Å². The summed E-state index contributed by atoms with van der Waals surface area (Å²) in [4.78, 5) is 23.8. The minimum absolute atomic E-state index is 0.0475. The number of aryl methyl sites for hydroxylation is 2. The van der Waals surface area contributed by atoms with Crippen LogP contribution in [0.5, 0.6) is 0 Å². The fourth-order valence-electron chi connectivity index (χ4n) is 1.75. The first-order valence-corrected chi connectivity index (χ1v) is 6.65. The van der Waals surface area contributed by atoms with Crippen molar-refractivity contribution in [2.24, 2.45) is 0 Å². The van der Waals surface area contributed by atoms with Crippen molar-refractivity contribution in [2.45, 2.75) is 40.2 Å². The summed E-state index contributed by atoms with van der Waals surface area (Å²) >= 11 is 0. The van der Waals surface area contributed by atoms with Crippen LogP contribution in [0.3, 0.4) is 0 Å². The molecular weight excluding hydrogens is 272 g/mol. The van der Waals surface area contributed by atoms with Crippen LogP contribution in [0.1, 0.15) is 53.4 Å². The smallest absolute Gasteiger partial charge is 0.356 e. The lowest BCUT2D eigenvalue weighted by atomic mass is 10.2. The number of carboxylic acids is 1. The van der Waals surface area contributed by atoms with Gasteiger partial charge in [-0.05, 0) is 13.8 Å². The third-order valence-corrected chi connectivity index (χ3v) is 3.03. The van der Waals surface area contributed by atoms with Crippen molar-refractivity contribution in [1.82, 2.24) is 15.0 Å². The van der Waals surface area contributed by atoms with Crippen LogP contribution in [-0.4, -0.2) is 26.0 Å². The number of aromatic nitrogens is 3. The molecule has 0 aromatic carbocycles. The van der Waals surface area contributed by atoms with Gasteiger partial charge in [0.2, 0.25) is 5.89 Å². The predicted molar refractivity (Wildman–Crippen MR) is 76.4 cm³/mol. The van der Waals surface area contributed by atoms with Crippen molar-refractivity contribution in [3.8, 4) is 0 Å². The summed E-state index contributed by atoms with van der Waals surface area (Å²) in [5.41, 5.74) is 1.12. The Balaban J connectivity index is 2.21. The van der Waals surface area contributed by atoms with E-state index in [1.807, 2.05) is 27.7 Å². The van der Waals surface area contributed by atoms with Crippen LogP contribution in [-0.2, 0) is 6.54 Å². The number of nitrogens with zero attached hydrogens (tertiary/aromatic N) is 3. The first-order valence-electron chi connectivity index (χ1n) is 6.65. The Labute approximate surface area is 122 Å². The highest BCUT2D eigenvalue weighted by molar-refractivity contribution is 5.91. The van der Waals surface area contributed by atoms with Gasteiger partial charge in [-0.3, -0.25) is 0 Å². The normalized spacial score (nSPS) is 10.9. The minimum Gasteiger partial charge on any atom is -0.476 e. The summed E-state index contributed by atoms with van der Waals surface area (Å²) in [6.45, 7) is 7.78. The highest BCUT2D eigenvalue weighted by Gasteiger charge is 2.16. The van der Waals surface area contributed by atoms with Crippen LogP contribution in [0.4, 0.5) is 5.69 Å². The van der Waals surface area contributed by atoms with E-state index in [-0.39, 0.29) is 18.2 Å². The maximum absolute atomic E-state index is 11.3. The molecule has 7 heteroatoms. The van der Waals surface area contributed by atoms with E-state index in [4.69, 9.17) is 4.42 Å². The van der Waals surface area contributed by atoms with E-state index in [1.165, 1.54) is 6.20 Å². The Kier molecular flexibility index (Phi) is 4.21. The number of aromatic carboxylic acids is 1. The Morgan fingerprint density at radius 2 is 2.10 bits per heavy atom. The van der Waals surface area contributed by atoms with E-state index in [9.17, 15) is 9.90 Å². The Bertz CT molecular complexity index is 645. The molecule has 21 heavy (non-hydrogen) atoms. The molecule has 2 aromatic heterocycles.